The van der Waals surface area contributed by atoms with Gasteiger partial charge in [-0.15, -0.1) is 0 Å². The second-order valence-electron chi connectivity index (χ2n) is 2.47. The summed E-state index contributed by atoms with van der Waals surface area (Å²) in [5, 5.41) is 8.61. The van der Waals surface area contributed by atoms with E-state index < -0.39 is 12.0 Å². The Morgan fingerprint density at radius 1 is 1.83 bits per heavy atom. The van der Waals surface area contributed by atoms with Crippen LogP contribution in [-0.4, -0.2) is 11.1 Å². The normalized spacial score (nSPS) is 12.8. The number of hydrogen-bond acceptors (Lipinski definition) is 3. The first-order valence-electron chi connectivity index (χ1n) is 3.71. The molecule has 12 heavy (non-hydrogen) atoms. The van der Waals surface area contributed by atoms with Crippen molar-refractivity contribution in [1.29, 1.82) is 0 Å². The quantitative estimate of drug-likeness (QED) is 0.705. The highest BCUT2D eigenvalue weighted by atomic mass is 16.4. The molecule has 1 aromatic heterocycles. The summed E-state index contributed by atoms with van der Waals surface area (Å²) in [5.41, 5.74) is 5.96. The lowest BCUT2D eigenvalue weighted by molar-refractivity contribution is -0.138. The van der Waals surface area contributed by atoms with Crippen molar-refractivity contribution in [2.75, 3.05) is 0 Å². The minimum atomic E-state index is -1.04. The second kappa shape index (κ2) is 3.40. The van der Waals surface area contributed by atoms with Gasteiger partial charge in [0.2, 0.25) is 0 Å². The molecule has 0 aliphatic heterocycles. The van der Waals surface area contributed by atoms with Crippen LogP contribution in [0.4, 0.5) is 0 Å². The Morgan fingerprint density at radius 3 is 3.00 bits per heavy atom. The lowest BCUT2D eigenvalue weighted by atomic mass is 10.1. The molecule has 1 aromatic rings. The predicted molar refractivity (Wildman–Crippen MR) is 42.7 cm³/mol. The number of aryl methyl sites for hydroxylation is 1. The Hall–Kier alpha value is -1.29. The Kier molecular flexibility index (Phi) is 2.50. The zero-order chi connectivity index (χ0) is 9.14. The van der Waals surface area contributed by atoms with Crippen LogP contribution < -0.4 is 5.73 Å². The summed E-state index contributed by atoms with van der Waals surface area (Å²) < 4.78 is 5.04. The standard InChI is InChI=1S/C8H11NO3/c1-2-6-5(3-4-12-6)7(9)8(10)11/h3-4,7H,2,9H2,1H3,(H,10,11)/t7-/m1/s1. The van der Waals surface area contributed by atoms with Crippen molar-refractivity contribution in [3.63, 3.8) is 0 Å². The van der Waals surface area contributed by atoms with Gasteiger partial charge in [-0.25, -0.2) is 0 Å². The summed E-state index contributed by atoms with van der Waals surface area (Å²) in [4.78, 5) is 10.5. The van der Waals surface area contributed by atoms with Crippen molar-refractivity contribution in [1.82, 2.24) is 0 Å². The van der Waals surface area contributed by atoms with Crippen LogP contribution >= 0.6 is 0 Å². The van der Waals surface area contributed by atoms with E-state index in [-0.39, 0.29) is 0 Å². The van der Waals surface area contributed by atoms with Crippen molar-refractivity contribution in [2.45, 2.75) is 19.4 Å². The fourth-order valence-corrected chi connectivity index (χ4v) is 1.05. The van der Waals surface area contributed by atoms with E-state index in [9.17, 15) is 4.79 Å². The molecule has 0 radical (unpaired) electrons. The van der Waals surface area contributed by atoms with Gasteiger partial charge in [-0.2, -0.15) is 0 Å². The molecule has 4 heteroatoms. The van der Waals surface area contributed by atoms with Gasteiger partial charge >= 0.3 is 5.97 Å². The third-order valence-corrected chi connectivity index (χ3v) is 1.70. The molecular weight excluding hydrogens is 158 g/mol. The molecule has 0 unspecified atom stereocenters. The Labute approximate surface area is 70.0 Å². The molecule has 0 aromatic carbocycles. The second-order valence-corrected chi connectivity index (χ2v) is 2.47. The van der Waals surface area contributed by atoms with Crippen molar-refractivity contribution in [3.8, 4) is 0 Å². The van der Waals surface area contributed by atoms with Crippen LogP contribution in [0.3, 0.4) is 0 Å². The molecule has 0 spiro atoms. The molecule has 1 heterocycles. The molecule has 1 atom stereocenters. The lowest BCUT2D eigenvalue weighted by Crippen LogP contribution is -2.21. The Bertz CT molecular complexity index is 280. The van der Waals surface area contributed by atoms with Crippen LogP contribution in [0, 0.1) is 0 Å². The number of aliphatic carboxylic acids is 1. The smallest absolute Gasteiger partial charge is 0.325 e. The van der Waals surface area contributed by atoms with Crippen molar-refractivity contribution in [3.05, 3.63) is 23.7 Å². The maximum atomic E-state index is 10.5. The third-order valence-electron chi connectivity index (χ3n) is 1.70. The molecule has 0 fully saturated rings. The monoisotopic (exact) mass is 169 g/mol. The van der Waals surface area contributed by atoms with Crippen LogP contribution in [0.1, 0.15) is 24.3 Å². The summed E-state index contributed by atoms with van der Waals surface area (Å²) in [6.45, 7) is 1.89. The predicted octanol–water partition coefficient (Wildman–Crippen LogP) is 0.926. The first kappa shape index (κ1) is 8.80. The van der Waals surface area contributed by atoms with Gasteiger partial charge in [-0.05, 0) is 6.07 Å². The van der Waals surface area contributed by atoms with Gasteiger partial charge in [0.15, 0.2) is 0 Å². The van der Waals surface area contributed by atoms with Gasteiger partial charge in [-0.1, -0.05) is 6.92 Å². The highest BCUT2D eigenvalue weighted by Gasteiger charge is 2.18. The SMILES string of the molecule is CCc1occc1[C@@H](N)C(=O)O. The first-order valence-corrected chi connectivity index (χ1v) is 3.71. The lowest BCUT2D eigenvalue weighted by Gasteiger charge is -2.04. The molecule has 0 saturated heterocycles. The van der Waals surface area contributed by atoms with E-state index >= 15 is 0 Å². The maximum absolute atomic E-state index is 10.5. The van der Waals surface area contributed by atoms with Crippen LogP contribution in [0.2, 0.25) is 0 Å². The van der Waals surface area contributed by atoms with Gasteiger partial charge < -0.3 is 15.3 Å². The number of nitrogens with two attached hydrogens (primary N) is 1. The highest BCUT2D eigenvalue weighted by molar-refractivity contribution is 5.75. The van der Waals surface area contributed by atoms with Crippen LogP contribution in [-0.2, 0) is 11.2 Å². The number of carboxylic acid groups (broad SMARTS) is 1. The van der Waals surface area contributed by atoms with Gasteiger partial charge in [0.05, 0.1) is 6.26 Å². The number of carboxylic acids is 1. The van der Waals surface area contributed by atoms with E-state index in [1.54, 1.807) is 6.07 Å². The molecule has 0 saturated carbocycles. The minimum absolute atomic E-state index is 0.560. The average Bonchev–Trinajstić information content (AvgIpc) is 2.49. The van der Waals surface area contributed by atoms with Gasteiger partial charge in [0.25, 0.3) is 0 Å². The molecular formula is C8H11NO3. The summed E-state index contributed by atoms with van der Waals surface area (Å²) in [5.74, 6) is -0.393. The minimum Gasteiger partial charge on any atom is -0.480 e. The van der Waals surface area contributed by atoms with E-state index in [2.05, 4.69) is 0 Å². The third kappa shape index (κ3) is 1.48. The molecule has 4 nitrogen and oxygen atoms in total. The van der Waals surface area contributed by atoms with E-state index in [0.717, 1.165) is 0 Å². The van der Waals surface area contributed by atoms with Crippen molar-refractivity contribution in [2.24, 2.45) is 5.73 Å². The molecule has 66 valence electrons. The summed E-state index contributed by atoms with van der Waals surface area (Å²) in [7, 11) is 0. The molecule has 3 N–H and O–H groups in total. The first-order chi connectivity index (χ1) is 5.66. The van der Waals surface area contributed by atoms with Crippen LogP contribution in [0.5, 0.6) is 0 Å². The number of carbonyl (C=O) groups is 1. The zero-order valence-corrected chi connectivity index (χ0v) is 6.78. The average molecular weight is 169 g/mol. The molecule has 1 rings (SSSR count). The van der Waals surface area contributed by atoms with E-state index in [1.165, 1.54) is 6.26 Å². The summed E-state index contributed by atoms with van der Waals surface area (Å²) in [6, 6.07) is 0.621. The Balaban J connectivity index is 2.93. The van der Waals surface area contributed by atoms with Crippen molar-refractivity contribution < 1.29 is 14.3 Å². The largest absolute Gasteiger partial charge is 0.480 e. The van der Waals surface area contributed by atoms with E-state index in [4.69, 9.17) is 15.3 Å². The molecule has 0 aliphatic rings. The van der Waals surface area contributed by atoms with Crippen LogP contribution in [0.25, 0.3) is 0 Å². The fraction of sp³-hybridized carbons (Fsp3) is 0.375. The molecule has 0 amide bonds. The number of hydrogen-bond donors (Lipinski definition) is 2. The molecule has 0 bridgehead atoms. The van der Waals surface area contributed by atoms with Crippen molar-refractivity contribution >= 4 is 5.97 Å². The van der Waals surface area contributed by atoms with Gasteiger partial charge in [-0.3, -0.25) is 4.79 Å². The summed E-state index contributed by atoms with van der Waals surface area (Å²) in [6.07, 6.45) is 2.11. The van der Waals surface area contributed by atoms with E-state index in [1.807, 2.05) is 6.92 Å². The highest BCUT2D eigenvalue weighted by Crippen LogP contribution is 2.17. The van der Waals surface area contributed by atoms with Gasteiger partial charge in [0, 0.05) is 12.0 Å². The maximum Gasteiger partial charge on any atom is 0.325 e. The van der Waals surface area contributed by atoms with E-state index in [0.29, 0.717) is 17.7 Å². The summed E-state index contributed by atoms with van der Waals surface area (Å²) >= 11 is 0. The molecule has 0 aliphatic carbocycles. The number of furan rings is 1. The fourth-order valence-electron chi connectivity index (χ4n) is 1.05. The number of rotatable bonds is 3. The van der Waals surface area contributed by atoms with Gasteiger partial charge in [0.1, 0.15) is 11.8 Å². The zero-order valence-electron chi connectivity index (χ0n) is 6.78. The Morgan fingerprint density at radius 2 is 2.50 bits per heavy atom. The topological polar surface area (TPSA) is 76.5 Å². The van der Waals surface area contributed by atoms with Crippen LogP contribution in [0.15, 0.2) is 16.7 Å².